The molecule has 0 aromatic heterocycles. The van der Waals surface area contributed by atoms with Crippen LogP contribution in [0.5, 0.6) is 0 Å². The van der Waals surface area contributed by atoms with Crippen LogP contribution in [0.1, 0.15) is 27.2 Å². The summed E-state index contributed by atoms with van der Waals surface area (Å²) >= 11 is 0. The predicted octanol–water partition coefficient (Wildman–Crippen LogP) is 1.21. The quantitative estimate of drug-likeness (QED) is 0.531. The van der Waals surface area contributed by atoms with Crippen LogP contribution in [0.25, 0.3) is 0 Å². The third-order valence-electron chi connectivity index (χ3n) is 1.26. The number of hydrogen-bond acceptors (Lipinski definition) is 3. The van der Waals surface area contributed by atoms with Gasteiger partial charge in [-0.1, -0.05) is 6.08 Å². The summed E-state index contributed by atoms with van der Waals surface area (Å²) in [6.07, 6.45) is 2.91. The fraction of sp³-hybridized carbons (Fsp3) is 0.600. The lowest BCUT2D eigenvalue weighted by atomic mass is 9.98. The minimum atomic E-state index is -0.757. The predicted molar refractivity (Wildman–Crippen MR) is 55.9 cm³/mol. The maximum Gasteiger partial charge on any atom is 0.308 e. The van der Waals surface area contributed by atoms with E-state index >= 15 is 0 Å². The third kappa shape index (κ3) is 10.8. The number of rotatable bonds is 3. The molecule has 0 aromatic carbocycles. The van der Waals surface area contributed by atoms with Gasteiger partial charge in [-0.2, -0.15) is 0 Å². The standard InChI is InChI=1S/C5H9NO.C5H10O2/c1-2-3-5(6)4-7;1-5(2,3)4(6)7/h2,4-5H,1,3,6H2;1-3H3,(H,6,7)/t5-;/m0./s1. The fourth-order valence-electron chi connectivity index (χ4n) is 0.248. The molecule has 82 valence electrons. The van der Waals surface area contributed by atoms with Crippen LogP contribution in [0.4, 0.5) is 0 Å². The number of aliphatic carboxylic acids is 1. The second kappa shape index (κ2) is 7.26. The van der Waals surface area contributed by atoms with Gasteiger partial charge < -0.3 is 15.6 Å². The van der Waals surface area contributed by atoms with Gasteiger partial charge >= 0.3 is 5.97 Å². The maximum atomic E-state index is 10.0. The summed E-state index contributed by atoms with van der Waals surface area (Å²) in [6, 6.07) is -0.350. The van der Waals surface area contributed by atoms with E-state index in [9.17, 15) is 9.59 Å². The van der Waals surface area contributed by atoms with Crippen LogP contribution < -0.4 is 5.73 Å². The summed E-state index contributed by atoms with van der Waals surface area (Å²) < 4.78 is 0. The van der Waals surface area contributed by atoms with Gasteiger partial charge in [-0.3, -0.25) is 4.79 Å². The molecular weight excluding hydrogens is 182 g/mol. The number of hydrogen-bond donors (Lipinski definition) is 2. The molecule has 0 fully saturated rings. The minimum absolute atomic E-state index is 0.350. The molecule has 0 saturated heterocycles. The lowest BCUT2D eigenvalue weighted by Gasteiger charge is -2.08. The van der Waals surface area contributed by atoms with E-state index in [0.717, 1.165) is 0 Å². The van der Waals surface area contributed by atoms with Crippen LogP contribution in [0, 0.1) is 5.41 Å². The molecule has 0 bridgehead atoms. The lowest BCUT2D eigenvalue weighted by molar-refractivity contribution is -0.145. The van der Waals surface area contributed by atoms with Gasteiger partial charge in [0.2, 0.25) is 0 Å². The van der Waals surface area contributed by atoms with Gasteiger partial charge in [0, 0.05) is 0 Å². The van der Waals surface area contributed by atoms with Crippen molar-refractivity contribution >= 4 is 12.3 Å². The van der Waals surface area contributed by atoms with Crippen molar-refractivity contribution in [3.05, 3.63) is 12.7 Å². The normalized spacial score (nSPS) is 12.0. The lowest BCUT2D eigenvalue weighted by Crippen LogP contribution is -2.19. The molecule has 4 nitrogen and oxygen atoms in total. The molecule has 0 spiro atoms. The monoisotopic (exact) mass is 201 g/mol. The SMILES string of the molecule is C=CC[C@H](N)C=O.CC(C)(C)C(=O)O. The summed E-state index contributed by atoms with van der Waals surface area (Å²) in [7, 11) is 0. The Morgan fingerprint density at radius 3 is 2.00 bits per heavy atom. The highest BCUT2D eigenvalue weighted by atomic mass is 16.4. The zero-order chi connectivity index (χ0) is 11.8. The number of carboxylic acid groups (broad SMARTS) is 1. The van der Waals surface area contributed by atoms with E-state index in [4.69, 9.17) is 10.8 Å². The van der Waals surface area contributed by atoms with E-state index in [-0.39, 0.29) is 6.04 Å². The van der Waals surface area contributed by atoms with Crippen molar-refractivity contribution in [3.8, 4) is 0 Å². The van der Waals surface area contributed by atoms with Crippen molar-refractivity contribution in [3.63, 3.8) is 0 Å². The van der Waals surface area contributed by atoms with Gasteiger partial charge in [-0.25, -0.2) is 0 Å². The highest BCUT2D eigenvalue weighted by Crippen LogP contribution is 2.11. The summed E-state index contributed by atoms with van der Waals surface area (Å²) in [6.45, 7) is 8.40. The summed E-state index contributed by atoms with van der Waals surface area (Å²) in [4.78, 5) is 19.7. The maximum absolute atomic E-state index is 10.0. The first-order valence-electron chi connectivity index (χ1n) is 4.30. The molecule has 0 aliphatic carbocycles. The highest BCUT2D eigenvalue weighted by molar-refractivity contribution is 5.72. The fourth-order valence-corrected chi connectivity index (χ4v) is 0.248. The van der Waals surface area contributed by atoms with Crippen LogP contribution in [0.3, 0.4) is 0 Å². The smallest absolute Gasteiger partial charge is 0.308 e. The van der Waals surface area contributed by atoms with Gasteiger partial charge in [0.25, 0.3) is 0 Å². The Morgan fingerprint density at radius 2 is 1.93 bits per heavy atom. The minimum Gasteiger partial charge on any atom is -0.481 e. The highest BCUT2D eigenvalue weighted by Gasteiger charge is 2.18. The number of carbonyl (C=O) groups excluding carboxylic acids is 1. The molecule has 0 rings (SSSR count). The molecule has 4 heteroatoms. The number of aldehydes is 1. The Hall–Kier alpha value is -1.16. The molecule has 0 aliphatic rings. The molecule has 0 heterocycles. The second-order valence-electron chi connectivity index (χ2n) is 3.88. The van der Waals surface area contributed by atoms with E-state index in [1.54, 1.807) is 26.8 Å². The number of carbonyl (C=O) groups is 2. The summed E-state index contributed by atoms with van der Waals surface area (Å²) in [5, 5.41) is 8.25. The van der Waals surface area contributed by atoms with Crippen LogP contribution in [-0.4, -0.2) is 23.4 Å². The van der Waals surface area contributed by atoms with Crippen molar-refractivity contribution in [2.45, 2.75) is 33.2 Å². The van der Waals surface area contributed by atoms with Crippen molar-refractivity contribution in [2.75, 3.05) is 0 Å². The van der Waals surface area contributed by atoms with E-state index < -0.39 is 11.4 Å². The molecule has 0 unspecified atom stereocenters. The molecule has 14 heavy (non-hydrogen) atoms. The van der Waals surface area contributed by atoms with Crippen LogP contribution in [0.2, 0.25) is 0 Å². The Balaban J connectivity index is 0. The topological polar surface area (TPSA) is 80.4 Å². The zero-order valence-corrected chi connectivity index (χ0v) is 8.99. The molecule has 0 amide bonds. The first-order chi connectivity index (χ1) is 6.25. The average Bonchev–Trinajstić information content (AvgIpc) is 2.04. The molecule has 0 aromatic rings. The number of nitrogens with two attached hydrogens (primary N) is 1. The zero-order valence-electron chi connectivity index (χ0n) is 8.99. The van der Waals surface area contributed by atoms with Crippen LogP contribution >= 0.6 is 0 Å². The van der Waals surface area contributed by atoms with Crippen molar-refractivity contribution in [1.29, 1.82) is 0 Å². The van der Waals surface area contributed by atoms with Crippen LogP contribution in [-0.2, 0) is 9.59 Å². The first-order valence-corrected chi connectivity index (χ1v) is 4.30. The largest absolute Gasteiger partial charge is 0.481 e. The summed E-state index contributed by atoms with van der Waals surface area (Å²) in [5.74, 6) is -0.757. The Labute approximate surface area is 84.8 Å². The van der Waals surface area contributed by atoms with Gasteiger partial charge in [0.05, 0.1) is 11.5 Å². The Bertz CT molecular complexity index is 194. The van der Waals surface area contributed by atoms with Crippen molar-refractivity contribution in [2.24, 2.45) is 11.1 Å². The van der Waals surface area contributed by atoms with Crippen molar-refractivity contribution < 1.29 is 14.7 Å². The average molecular weight is 201 g/mol. The molecule has 0 saturated carbocycles. The van der Waals surface area contributed by atoms with E-state index in [1.807, 2.05) is 0 Å². The van der Waals surface area contributed by atoms with Gasteiger partial charge in [0.15, 0.2) is 0 Å². The second-order valence-corrected chi connectivity index (χ2v) is 3.88. The van der Waals surface area contributed by atoms with E-state index in [2.05, 4.69) is 6.58 Å². The molecular formula is C10H19NO3. The number of carboxylic acids is 1. The van der Waals surface area contributed by atoms with Gasteiger partial charge in [-0.05, 0) is 27.2 Å². The Kier molecular flexibility index (Phi) is 7.95. The molecule has 0 aliphatic heterocycles. The van der Waals surface area contributed by atoms with Crippen LogP contribution in [0.15, 0.2) is 12.7 Å². The first kappa shape index (κ1) is 15.3. The molecule has 1 atom stereocenters. The summed E-state index contributed by atoms with van der Waals surface area (Å²) in [5.41, 5.74) is 4.56. The molecule has 3 N–H and O–H groups in total. The Morgan fingerprint density at radius 1 is 1.57 bits per heavy atom. The van der Waals surface area contributed by atoms with E-state index in [0.29, 0.717) is 12.7 Å². The van der Waals surface area contributed by atoms with Gasteiger partial charge in [-0.15, -0.1) is 6.58 Å². The van der Waals surface area contributed by atoms with Gasteiger partial charge in [0.1, 0.15) is 6.29 Å². The third-order valence-corrected chi connectivity index (χ3v) is 1.26. The van der Waals surface area contributed by atoms with E-state index in [1.165, 1.54) is 0 Å². The van der Waals surface area contributed by atoms with Crippen molar-refractivity contribution in [1.82, 2.24) is 0 Å². The molecule has 0 radical (unpaired) electrons.